The maximum atomic E-state index is 11.6. The number of aromatic nitrogens is 1. The van der Waals surface area contributed by atoms with Crippen LogP contribution in [0.4, 0.5) is 11.5 Å². The number of carbonyl (C=O) groups excluding carboxylic acids is 1. The highest BCUT2D eigenvalue weighted by molar-refractivity contribution is 6.31. The lowest BCUT2D eigenvalue weighted by Crippen LogP contribution is -2.17. The Bertz CT molecular complexity index is 611. The molecule has 1 amide bonds. The van der Waals surface area contributed by atoms with Gasteiger partial charge in [-0.05, 0) is 23.8 Å². The molecule has 21 heavy (non-hydrogen) atoms. The van der Waals surface area contributed by atoms with E-state index in [4.69, 9.17) is 11.6 Å². The zero-order chi connectivity index (χ0) is 15.2. The quantitative estimate of drug-likeness (QED) is 0.879. The molecule has 0 fully saturated rings. The fourth-order valence-corrected chi connectivity index (χ4v) is 1.89. The molecule has 0 aliphatic carbocycles. The molecule has 0 saturated carbocycles. The van der Waals surface area contributed by atoms with Crippen molar-refractivity contribution in [1.82, 2.24) is 4.98 Å². The molecule has 4 nitrogen and oxygen atoms in total. The van der Waals surface area contributed by atoms with E-state index < -0.39 is 0 Å². The number of rotatable bonds is 5. The molecule has 2 N–H and O–H groups in total. The van der Waals surface area contributed by atoms with Crippen LogP contribution in [0.15, 0.2) is 42.6 Å². The number of hydrogen-bond donors (Lipinski definition) is 2. The van der Waals surface area contributed by atoms with Crippen LogP contribution in [0.1, 0.15) is 19.4 Å². The molecule has 1 heterocycles. The van der Waals surface area contributed by atoms with Gasteiger partial charge in [0, 0.05) is 17.5 Å². The van der Waals surface area contributed by atoms with Gasteiger partial charge in [0.2, 0.25) is 5.91 Å². The molecule has 0 radical (unpaired) electrons. The summed E-state index contributed by atoms with van der Waals surface area (Å²) in [6.45, 7) is 4.30. The molecule has 2 rings (SSSR count). The van der Waals surface area contributed by atoms with Crippen LogP contribution in [0.5, 0.6) is 0 Å². The van der Waals surface area contributed by atoms with E-state index in [2.05, 4.69) is 15.6 Å². The molecule has 0 aliphatic rings. The molecule has 2 aromatic rings. The number of hydrogen-bond acceptors (Lipinski definition) is 3. The maximum Gasteiger partial charge on any atom is 0.226 e. The van der Waals surface area contributed by atoms with Crippen molar-refractivity contribution in [2.75, 3.05) is 10.6 Å². The molecular weight excluding hydrogens is 286 g/mol. The molecule has 0 aliphatic heterocycles. The molecule has 0 saturated heterocycles. The molecule has 0 atom stereocenters. The molecule has 0 bridgehead atoms. The number of amides is 1. The third kappa shape index (κ3) is 4.46. The first kappa shape index (κ1) is 15.3. The predicted octanol–water partition coefficient (Wildman–Crippen LogP) is 3.94. The van der Waals surface area contributed by atoms with Gasteiger partial charge in [-0.15, -0.1) is 0 Å². The van der Waals surface area contributed by atoms with E-state index in [1.165, 1.54) is 0 Å². The molecule has 5 heteroatoms. The molecular formula is C16H18ClN3O. The molecule has 110 valence electrons. The van der Waals surface area contributed by atoms with E-state index in [9.17, 15) is 4.79 Å². The Labute approximate surface area is 129 Å². The lowest BCUT2D eigenvalue weighted by molar-refractivity contribution is -0.118. The molecule has 1 aromatic carbocycles. The van der Waals surface area contributed by atoms with Gasteiger partial charge in [-0.3, -0.25) is 4.79 Å². The largest absolute Gasteiger partial charge is 0.366 e. The summed E-state index contributed by atoms with van der Waals surface area (Å²) in [5.41, 5.74) is 1.70. The summed E-state index contributed by atoms with van der Waals surface area (Å²) in [7, 11) is 0. The monoisotopic (exact) mass is 303 g/mol. The Hall–Kier alpha value is -2.07. The summed E-state index contributed by atoms with van der Waals surface area (Å²) >= 11 is 6.09. The second-order valence-electron chi connectivity index (χ2n) is 5.02. The SMILES string of the molecule is CC(C)C(=O)Nc1ccc(NCc2ccccc2Cl)nc1. The van der Waals surface area contributed by atoms with Gasteiger partial charge >= 0.3 is 0 Å². The maximum absolute atomic E-state index is 11.6. The van der Waals surface area contributed by atoms with Crippen molar-refractivity contribution >= 4 is 29.0 Å². The number of halogens is 1. The van der Waals surface area contributed by atoms with Crippen molar-refractivity contribution in [2.45, 2.75) is 20.4 Å². The smallest absolute Gasteiger partial charge is 0.226 e. The molecule has 1 aromatic heterocycles. The summed E-state index contributed by atoms with van der Waals surface area (Å²) in [6.07, 6.45) is 1.63. The van der Waals surface area contributed by atoms with Crippen molar-refractivity contribution in [2.24, 2.45) is 5.92 Å². The average Bonchev–Trinajstić information content (AvgIpc) is 2.48. The van der Waals surface area contributed by atoms with Crippen molar-refractivity contribution < 1.29 is 4.79 Å². The summed E-state index contributed by atoms with van der Waals surface area (Å²) in [5, 5.41) is 6.73. The zero-order valence-electron chi connectivity index (χ0n) is 12.1. The Morgan fingerprint density at radius 2 is 2.00 bits per heavy atom. The van der Waals surface area contributed by atoms with Crippen LogP contribution in [0.3, 0.4) is 0 Å². The molecule has 0 spiro atoms. The van der Waals surface area contributed by atoms with Gasteiger partial charge in [-0.2, -0.15) is 0 Å². The topological polar surface area (TPSA) is 54.0 Å². The van der Waals surface area contributed by atoms with Crippen LogP contribution in [0.2, 0.25) is 5.02 Å². The van der Waals surface area contributed by atoms with Crippen LogP contribution >= 0.6 is 11.6 Å². The van der Waals surface area contributed by atoms with Crippen LogP contribution in [0, 0.1) is 5.92 Å². The van der Waals surface area contributed by atoms with Gasteiger partial charge in [-0.25, -0.2) is 4.98 Å². The highest BCUT2D eigenvalue weighted by Crippen LogP contribution is 2.17. The van der Waals surface area contributed by atoms with Crippen LogP contribution in [-0.2, 0) is 11.3 Å². The number of carbonyl (C=O) groups is 1. The Morgan fingerprint density at radius 1 is 1.24 bits per heavy atom. The lowest BCUT2D eigenvalue weighted by atomic mass is 10.2. The van der Waals surface area contributed by atoms with Gasteiger partial charge in [-0.1, -0.05) is 43.6 Å². The Kier molecular flexibility index (Phi) is 5.17. The first-order chi connectivity index (χ1) is 10.1. The second kappa shape index (κ2) is 7.09. The van der Waals surface area contributed by atoms with E-state index in [1.807, 2.05) is 50.2 Å². The fraction of sp³-hybridized carbons (Fsp3) is 0.250. The van der Waals surface area contributed by atoms with Gasteiger partial charge in [0.25, 0.3) is 0 Å². The first-order valence-corrected chi connectivity index (χ1v) is 7.18. The zero-order valence-corrected chi connectivity index (χ0v) is 12.8. The van der Waals surface area contributed by atoms with Crippen molar-refractivity contribution in [3.63, 3.8) is 0 Å². The summed E-state index contributed by atoms with van der Waals surface area (Å²) in [4.78, 5) is 15.8. The number of benzene rings is 1. The minimum absolute atomic E-state index is 0.0198. The van der Waals surface area contributed by atoms with Crippen LogP contribution in [0.25, 0.3) is 0 Å². The van der Waals surface area contributed by atoms with Crippen molar-refractivity contribution in [3.05, 3.63) is 53.2 Å². The minimum Gasteiger partial charge on any atom is -0.366 e. The number of nitrogens with zero attached hydrogens (tertiary/aromatic N) is 1. The van der Waals surface area contributed by atoms with Crippen LogP contribution in [-0.4, -0.2) is 10.9 Å². The van der Waals surface area contributed by atoms with Gasteiger partial charge < -0.3 is 10.6 Å². The highest BCUT2D eigenvalue weighted by Gasteiger charge is 2.07. The third-order valence-corrected chi connectivity index (χ3v) is 3.34. The number of anilines is 2. The minimum atomic E-state index is -0.0528. The van der Waals surface area contributed by atoms with Crippen molar-refractivity contribution in [1.29, 1.82) is 0 Å². The summed E-state index contributed by atoms with van der Waals surface area (Å²) in [6, 6.07) is 11.3. The number of pyridine rings is 1. The Balaban J connectivity index is 1.94. The van der Waals surface area contributed by atoms with E-state index in [-0.39, 0.29) is 11.8 Å². The van der Waals surface area contributed by atoms with E-state index >= 15 is 0 Å². The van der Waals surface area contributed by atoms with Gasteiger partial charge in [0.05, 0.1) is 11.9 Å². The average molecular weight is 304 g/mol. The second-order valence-corrected chi connectivity index (χ2v) is 5.43. The highest BCUT2D eigenvalue weighted by atomic mass is 35.5. The molecule has 0 unspecified atom stereocenters. The van der Waals surface area contributed by atoms with Gasteiger partial charge in [0.1, 0.15) is 5.82 Å². The predicted molar refractivity (Wildman–Crippen MR) is 86.5 cm³/mol. The van der Waals surface area contributed by atoms with E-state index in [0.29, 0.717) is 12.2 Å². The van der Waals surface area contributed by atoms with Gasteiger partial charge in [0.15, 0.2) is 0 Å². The fourth-order valence-electron chi connectivity index (χ4n) is 1.69. The summed E-state index contributed by atoms with van der Waals surface area (Å²) < 4.78 is 0. The summed E-state index contributed by atoms with van der Waals surface area (Å²) in [5.74, 6) is 0.661. The van der Waals surface area contributed by atoms with Crippen LogP contribution < -0.4 is 10.6 Å². The number of nitrogens with one attached hydrogen (secondary N) is 2. The van der Waals surface area contributed by atoms with E-state index in [1.54, 1.807) is 6.20 Å². The Morgan fingerprint density at radius 3 is 2.62 bits per heavy atom. The van der Waals surface area contributed by atoms with E-state index in [0.717, 1.165) is 16.4 Å². The normalized spacial score (nSPS) is 10.5. The standard InChI is InChI=1S/C16H18ClN3O/c1-11(2)16(21)20-13-7-8-15(19-10-13)18-9-12-5-3-4-6-14(12)17/h3-8,10-11H,9H2,1-2H3,(H,18,19)(H,20,21). The first-order valence-electron chi connectivity index (χ1n) is 6.80. The lowest BCUT2D eigenvalue weighted by Gasteiger charge is -2.09. The third-order valence-electron chi connectivity index (χ3n) is 2.97. The van der Waals surface area contributed by atoms with Crippen molar-refractivity contribution in [3.8, 4) is 0 Å².